The standard InChI is InChI=1S/C15H18O9.H2O/c16-5-10-12(19)13(20)14(21)15(24-10)23-9-3-6-1-2-11(18)22-8(6)4-7(9)17;/h3-4,10,12-17,19-21H,1-2,5H2;1H2. The molecule has 1 aromatic carbocycles. The Balaban J connectivity index is 0.00000225. The smallest absolute Gasteiger partial charge is 0.311 e. The molecule has 2 aliphatic heterocycles. The topological polar surface area (TPSA) is 177 Å². The number of phenolic OH excluding ortho intramolecular Hbond substituents is 1. The summed E-state index contributed by atoms with van der Waals surface area (Å²) in [6.45, 7) is -0.586. The first kappa shape index (κ1) is 19.4. The van der Waals surface area contributed by atoms with Gasteiger partial charge in [-0.3, -0.25) is 4.79 Å². The van der Waals surface area contributed by atoms with Gasteiger partial charge in [0, 0.05) is 6.07 Å². The molecule has 25 heavy (non-hydrogen) atoms. The zero-order chi connectivity index (χ0) is 17.4. The van der Waals surface area contributed by atoms with Gasteiger partial charge in [-0.05, 0) is 18.1 Å². The molecule has 0 aromatic heterocycles. The number of aliphatic hydroxyl groups is 4. The third-order valence-corrected chi connectivity index (χ3v) is 4.06. The van der Waals surface area contributed by atoms with Crippen LogP contribution in [-0.4, -0.2) is 74.3 Å². The quantitative estimate of drug-likeness (QED) is 0.290. The van der Waals surface area contributed by atoms with E-state index in [0.717, 1.165) is 0 Å². The molecule has 1 fully saturated rings. The van der Waals surface area contributed by atoms with Gasteiger partial charge in [0.2, 0.25) is 6.29 Å². The summed E-state index contributed by atoms with van der Waals surface area (Å²) >= 11 is 0. The average Bonchev–Trinajstić information content (AvgIpc) is 2.56. The molecule has 10 nitrogen and oxygen atoms in total. The second kappa shape index (κ2) is 7.52. The van der Waals surface area contributed by atoms with Crippen molar-refractivity contribution in [2.24, 2.45) is 0 Å². The molecule has 1 saturated heterocycles. The van der Waals surface area contributed by atoms with Crippen LogP contribution in [0, 0.1) is 0 Å². The van der Waals surface area contributed by atoms with Crippen molar-refractivity contribution in [1.82, 2.24) is 0 Å². The van der Waals surface area contributed by atoms with Gasteiger partial charge in [-0.2, -0.15) is 0 Å². The van der Waals surface area contributed by atoms with Gasteiger partial charge in [0.25, 0.3) is 0 Å². The molecular formula is C15H20O10. The fourth-order valence-corrected chi connectivity index (χ4v) is 2.68. The third kappa shape index (κ3) is 3.68. The first-order chi connectivity index (χ1) is 11.4. The van der Waals surface area contributed by atoms with Crippen LogP contribution >= 0.6 is 0 Å². The van der Waals surface area contributed by atoms with Crippen LogP contribution in [0.15, 0.2) is 12.1 Å². The van der Waals surface area contributed by atoms with Gasteiger partial charge in [0.05, 0.1) is 13.0 Å². The second-order valence-corrected chi connectivity index (χ2v) is 5.72. The maximum atomic E-state index is 11.3. The first-order valence-electron chi connectivity index (χ1n) is 7.44. The van der Waals surface area contributed by atoms with Gasteiger partial charge in [0.1, 0.15) is 30.2 Å². The van der Waals surface area contributed by atoms with Crippen molar-refractivity contribution in [3.05, 3.63) is 17.7 Å². The zero-order valence-corrected chi connectivity index (χ0v) is 13.0. The Morgan fingerprint density at radius 2 is 1.84 bits per heavy atom. The van der Waals surface area contributed by atoms with E-state index in [1.165, 1.54) is 12.1 Å². The van der Waals surface area contributed by atoms with Gasteiger partial charge >= 0.3 is 5.97 Å². The van der Waals surface area contributed by atoms with Gasteiger partial charge in [0.15, 0.2) is 11.5 Å². The number of phenols is 1. The molecule has 0 bridgehead atoms. The van der Waals surface area contributed by atoms with Crippen molar-refractivity contribution in [3.8, 4) is 17.2 Å². The summed E-state index contributed by atoms with van der Waals surface area (Å²) in [6, 6.07) is 2.66. The highest BCUT2D eigenvalue weighted by Crippen LogP contribution is 2.38. The molecule has 2 aliphatic rings. The van der Waals surface area contributed by atoms with Crippen LogP contribution in [0.3, 0.4) is 0 Å². The first-order valence-corrected chi connectivity index (χ1v) is 7.44. The van der Waals surface area contributed by atoms with Crippen molar-refractivity contribution in [2.45, 2.75) is 43.5 Å². The minimum Gasteiger partial charge on any atom is -0.504 e. The number of ether oxygens (including phenoxy) is 3. The number of hydrogen-bond acceptors (Lipinski definition) is 9. The Bertz CT molecular complexity index is 631. The number of benzene rings is 1. The Labute approximate surface area is 142 Å². The predicted octanol–water partition coefficient (Wildman–Crippen LogP) is -2.40. The molecule has 1 aromatic rings. The number of carbonyl (C=O) groups excluding carboxylic acids is 1. The lowest BCUT2D eigenvalue weighted by Gasteiger charge is -2.39. The van der Waals surface area contributed by atoms with E-state index >= 15 is 0 Å². The van der Waals surface area contributed by atoms with Crippen LogP contribution < -0.4 is 9.47 Å². The van der Waals surface area contributed by atoms with Crippen LogP contribution in [0.1, 0.15) is 12.0 Å². The van der Waals surface area contributed by atoms with Gasteiger partial charge in [-0.15, -0.1) is 0 Å². The number of esters is 1. The molecule has 0 spiro atoms. The molecule has 0 aliphatic carbocycles. The number of carbonyl (C=O) groups is 1. The predicted molar refractivity (Wildman–Crippen MR) is 80.1 cm³/mol. The van der Waals surface area contributed by atoms with Crippen LogP contribution in [0.2, 0.25) is 0 Å². The van der Waals surface area contributed by atoms with E-state index in [9.17, 15) is 25.2 Å². The van der Waals surface area contributed by atoms with Gasteiger partial charge in [-0.1, -0.05) is 0 Å². The SMILES string of the molecule is O.O=C1CCc2cc(OC3OC(CO)C(O)C(O)C3O)c(O)cc2O1. The Morgan fingerprint density at radius 1 is 1.12 bits per heavy atom. The Hall–Kier alpha value is -1.95. The number of aromatic hydroxyl groups is 1. The Kier molecular flexibility index (Phi) is 5.83. The number of rotatable bonds is 3. The highest BCUT2D eigenvalue weighted by Gasteiger charge is 2.45. The number of aryl methyl sites for hydroxylation is 1. The lowest BCUT2D eigenvalue weighted by Crippen LogP contribution is -2.60. The van der Waals surface area contributed by atoms with E-state index in [1.54, 1.807) is 0 Å². The van der Waals surface area contributed by atoms with Gasteiger partial charge < -0.3 is 45.2 Å². The molecular weight excluding hydrogens is 340 g/mol. The fraction of sp³-hybridized carbons (Fsp3) is 0.533. The van der Waals surface area contributed by atoms with Crippen molar-refractivity contribution in [1.29, 1.82) is 0 Å². The van der Waals surface area contributed by atoms with Crippen LogP contribution in [-0.2, 0) is 16.0 Å². The van der Waals surface area contributed by atoms with Crippen molar-refractivity contribution < 1.29 is 50.0 Å². The highest BCUT2D eigenvalue weighted by atomic mass is 16.7. The summed E-state index contributed by atoms with van der Waals surface area (Å²) in [6.07, 6.45) is -6.60. The largest absolute Gasteiger partial charge is 0.504 e. The summed E-state index contributed by atoms with van der Waals surface area (Å²) in [7, 11) is 0. The van der Waals surface area contributed by atoms with Crippen molar-refractivity contribution in [3.63, 3.8) is 0 Å². The highest BCUT2D eigenvalue weighted by molar-refractivity contribution is 5.76. The monoisotopic (exact) mass is 360 g/mol. The molecule has 0 saturated carbocycles. The van der Waals surface area contributed by atoms with Crippen LogP contribution in [0.4, 0.5) is 0 Å². The minimum atomic E-state index is -1.59. The van der Waals surface area contributed by atoms with E-state index in [-0.39, 0.29) is 29.1 Å². The van der Waals surface area contributed by atoms with Crippen LogP contribution in [0.25, 0.3) is 0 Å². The lowest BCUT2D eigenvalue weighted by atomic mass is 9.99. The molecule has 5 atom stereocenters. The van der Waals surface area contributed by atoms with E-state index in [0.29, 0.717) is 12.0 Å². The van der Waals surface area contributed by atoms with E-state index in [4.69, 9.17) is 19.3 Å². The molecule has 10 heteroatoms. The second-order valence-electron chi connectivity index (χ2n) is 5.72. The fourth-order valence-electron chi connectivity index (χ4n) is 2.68. The van der Waals surface area contributed by atoms with Crippen LogP contribution in [0.5, 0.6) is 17.2 Å². The molecule has 5 unspecified atom stereocenters. The van der Waals surface area contributed by atoms with Crippen molar-refractivity contribution >= 4 is 5.97 Å². The summed E-state index contributed by atoms with van der Waals surface area (Å²) in [5, 5.41) is 48.6. The molecule has 140 valence electrons. The summed E-state index contributed by atoms with van der Waals surface area (Å²) in [5.41, 5.74) is 0.631. The molecule has 2 heterocycles. The third-order valence-electron chi connectivity index (χ3n) is 4.06. The normalized spacial score (nSPS) is 31.5. The van der Waals surface area contributed by atoms with E-state index in [1.807, 2.05) is 0 Å². The van der Waals surface area contributed by atoms with Crippen molar-refractivity contribution in [2.75, 3.05) is 6.61 Å². The summed E-state index contributed by atoms with van der Waals surface area (Å²) in [4.78, 5) is 11.3. The minimum absolute atomic E-state index is 0. The average molecular weight is 360 g/mol. The maximum Gasteiger partial charge on any atom is 0.311 e. The molecule has 0 amide bonds. The van der Waals surface area contributed by atoms with Gasteiger partial charge in [-0.25, -0.2) is 0 Å². The van der Waals surface area contributed by atoms with E-state index < -0.39 is 43.3 Å². The van der Waals surface area contributed by atoms with E-state index in [2.05, 4.69) is 0 Å². The number of hydrogen-bond donors (Lipinski definition) is 5. The molecule has 7 N–H and O–H groups in total. The lowest BCUT2D eigenvalue weighted by molar-refractivity contribution is -0.277. The zero-order valence-electron chi connectivity index (χ0n) is 13.0. The maximum absolute atomic E-state index is 11.3. The summed E-state index contributed by atoms with van der Waals surface area (Å²) < 4.78 is 15.6. The number of fused-ring (bicyclic) bond motifs is 1. The molecule has 0 radical (unpaired) electrons. The Morgan fingerprint density at radius 3 is 2.52 bits per heavy atom. The number of aliphatic hydroxyl groups excluding tert-OH is 4. The molecule has 3 rings (SSSR count). The summed E-state index contributed by atoms with van der Waals surface area (Å²) in [5.74, 6) is -0.564.